The summed E-state index contributed by atoms with van der Waals surface area (Å²) >= 11 is 0. The van der Waals surface area contributed by atoms with Crippen LogP contribution in [0.1, 0.15) is 57.5 Å². The number of rotatable bonds is 21. The molecule has 0 spiro atoms. The Morgan fingerprint density at radius 2 is 0.889 bits per heavy atom. The van der Waals surface area contributed by atoms with Crippen LogP contribution in [0.4, 0.5) is 0 Å². The molecule has 2 heterocycles. The molecule has 0 aliphatic heterocycles. The molecule has 0 unspecified atom stereocenters. The number of benzene rings is 6. The van der Waals surface area contributed by atoms with Gasteiger partial charge in [-0.25, -0.2) is 19.6 Å². The van der Waals surface area contributed by atoms with Crippen molar-refractivity contribution in [3.05, 3.63) is 181 Å². The minimum atomic E-state index is -1.31. The van der Waals surface area contributed by atoms with Gasteiger partial charge in [0.15, 0.2) is 11.2 Å². The SMILES string of the molecule is CCOC(=O)C(C)(C)Oc1ccc(OCCc2nc(-c3cccc(Oc4ccccc4)c3)oc2C)cc1.Cc1oc(-c2cccc(Oc3ccccc3)c2)nc1CCOc1ccc(OC(C)(C)C(=O)O)cc1. The zero-order valence-corrected chi connectivity index (χ0v) is 41.4. The average Bonchev–Trinajstić information content (AvgIpc) is 3.94. The summed E-state index contributed by atoms with van der Waals surface area (Å²) in [6.07, 6.45) is 1.16. The third-order valence-corrected chi connectivity index (χ3v) is 10.8. The van der Waals surface area contributed by atoms with Crippen molar-refractivity contribution in [3.8, 4) is 68.9 Å². The third kappa shape index (κ3) is 14.5. The van der Waals surface area contributed by atoms with Crippen LogP contribution in [-0.2, 0) is 27.2 Å². The van der Waals surface area contributed by atoms with E-state index in [2.05, 4.69) is 9.97 Å². The van der Waals surface area contributed by atoms with Crippen molar-refractivity contribution < 1.29 is 56.7 Å². The van der Waals surface area contributed by atoms with E-state index < -0.39 is 23.1 Å². The van der Waals surface area contributed by atoms with E-state index in [1.165, 1.54) is 13.8 Å². The molecule has 0 aliphatic rings. The van der Waals surface area contributed by atoms with Gasteiger partial charge in [-0.1, -0.05) is 48.5 Å². The quantitative estimate of drug-likeness (QED) is 0.0674. The first-order valence-corrected chi connectivity index (χ1v) is 23.5. The van der Waals surface area contributed by atoms with E-state index in [1.807, 2.05) is 123 Å². The monoisotopic (exact) mass is 974 g/mol. The topological polar surface area (TPSA) is 171 Å². The van der Waals surface area contributed by atoms with Crippen LogP contribution in [-0.4, -0.2) is 58.0 Å². The van der Waals surface area contributed by atoms with Gasteiger partial charge in [-0.05, 0) is 158 Å². The normalized spacial score (nSPS) is 11.2. The molecule has 6 aromatic carbocycles. The summed E-state index contributed by atoms with van der Waals surface area (Å²) in [6.45, 7) is 13.0. The molecule has 0 radical (unpaired) electrons. The summed E-state index contributed by atoms with van der Waals surface area (Å²) in [6, 6.07) is 48.5. The number of esters is 1. The standard InChI is InChI=1S/C30H31NO6.C28H27NO6/c1-5-33-29(32)30(3,4)37-25-16-14-23(15-17-25)34-19-18-27-21(2)35-28(31-27)22-10-9-13-26(20-22)36-24-11-7-6-8-12-24;1-19-25(16-17-32-21-12-14-23(15-13-21)35-28(2,3)27(30)31)29-26(33-19)20-8-7-11-24(18-20)34-22-9-5-4-6-10-22/h6-17,20H,5,18-19H2,1-4H3;4-15,18H,16-17H2,1-3H3,(H,30,31). The van der Waals surface area contributed by atoms with Crippen LogP contribution in [0.2, 0.25) is 0 Å². The van der Waals surface area contributed by atoms with Gasteiger partial charge in [0.05, 0.1) is 31.2 Å². The minimum absolute atomic E-state index is 0.306. The van der Waals surface area contributed by atoms with Gasteiger partial charge in [0.1, 0.15) is 57.5 Å². The van der Waals surface area contributed by atoms with Crippen LogP contribution in [0, 0.1) is 13.8 Å². The van der Waals surface area contributed by atoms with Gasteiger partial charge in [0.25, 0.3) is 0 Å². The smallest absolute Gasteiger partial charge is 0.349 e. The highest BCUT2D eigenvalue weighted by Crippen LogP contribution is 2.31. The van der Waals surface area contributed by atoms with Gasteiger partial charge < -0.3 is 47.1 Å². The Hall–Kier alpha value is -8.52. The molecule has 0 saturated carbocycles. The molecule has 8 aromatic rings. The number of nitrogens with zero attached hydrogens (tertiary/aromatic N) is 2. The Morgan fingerprint density at radius 1 is 0.500 bits per heavy atom. The molecule has 0 atom stereocenters. The number of carbonyl (C=O) groups is 2. The molecule has 2 aromatic heterocycles. The van der Waals surface area contributed by atoms with E-state index in [0.717, 1.165) is 45.5 Å². The number of oxazole rings is 2. The van der Waals surface area contributed by atoms with E-state index >= 15 is 0 Å². The van der Waals surface area contributed by atoms with E-state index in [-0.39, 0.29) is 0 Å². The highest BCUT2D eigenvalue weighted by Gasteiger charge is 2.32. The van der Waals surface area contributed by atoms with Gasteiger partial charge in [-0.2, -0.15) is 0 Å². The van der Waals surface area contributed by atoms with Crippen LogP contribution in [0.15, 0.2) is 167 Å². The molecule has 8 rings (SSSR count). The Morgan fingerprint density at radius 3 is 1.29 bits per heavy atom. The third-order valence-electron chi connectivity index (χ3n) is 10.8. The number of carboxylic acids is 1. The van der Waals surface area contributed by atoms with Crippen molar-refractivity contribution in [1.82, 2.24) is 9.97 Å². The molecule has 0 amide bonds. The van der Waals surface area contributed by atoms with Crippen molar-refractivity contribution in [2.24, 2.45) is 0 Å². The Bertz CT molecular complexity index is 3000. The van der Waals surface area contributed by atoms with Crippen LogP contribution in [0.3, 0.4) is 0 Å². The van der Waals surface area contributed by atoms with Crippen molar-refractivity contribution in [2.45, 2.75) is 72.5 Å². The lowest BCUT2D eigenvalue weighted by molar-refractivity contribution is -0.158. The number of para-hydroxylation sites is 2. The van der Waals surface area contributed by atoms with E-state index in [4.69, 9.17) is 42.0 Å². The maximum Gasteiger partial charge on any atom is 0.349 e. The van der Waals surface area contributed by atoms with Crippen LogP contribution in [0.25, 0.3) is 22.9 Å². The van der Waals surface area contributed by atoms with Gasteiger partial charge in [-0.15, -0.1) is 0 Å². The minimum Gasteiger partial charge on any atom is -0.493 e. The number of hydrogen-bond donors (Lipinski definition) is 1. The molecule has 0 saturated heterocycles. The molecule has 0 bridgehead atoms. The van der Waals surface area contributed by atoms with Crippen molar-refractivity contribution in [1.29, 1.82) is 0 Å². The highest BCUT2D eigenvalue weighted by molar-refractivity contribution is 5.79. The number of aliphatic carboxylic acids is 1. The summed E-state index contributed by atoms with van der Waals surface area (Å²) in [5, 5.41) is 9.18. The largest absolute Gasteiger partial charge is 0.493 e. The molecular weight excluding hydrogens is 917 g/mol. The van der Waals surface area contributed by atoms with Crippen LogP contribution in [0.5, 0.6) is 46.0 Å². The summed E-state index contributed by atoms with van der Waals surface area (Å²) in [5.74, 6) is 6.40. The number of aryl methyl sites for hydroxylation is 2. The predicted molar refractivity (Wildman–Crippen MR) is 271 cm³/mol. The van der Waals surface area contributed by atoms with Crippen LogP contribution < -0.4 is 28.4 Å². The molecule has 372 valence electrons. The van der Waals surface area contributed by atoms with Gasteiger partial charge in [0, 0.05) is 24.0 Å². The first-order chi connectivity index (χ1) is 34.6. The molecule has 72 heavy (non-hydrogen) atoms. The first kappa shape index (κ1) is 51.3. The average molecular weight is 975 g/mol. The maximum absolute atomic E-state index is 12.0. The predicted octanol–water partition coefficient (Wildman–Crippen LogP) is 13.1. The zero-order chi connectivity index (χ0) is 51.1. The second-order valence-corrected chi connectivity index (χ2v) is 17.3. The van der Waals surface area contributed by atoms with Crippen molar-refractivity contribution in [3.63, 3.8) is 0 Å². The number of carboxylic acid groups (broad SMARTS) is 1. The Balaban J connectivity index is 0.000000212. The van der Waals surface area contributed by atoms with Crippen molar-refractivity contribution in [2.75, 3.05) is 19.8 Å². The fraction of sp³-hybridized carbons (Fsp3) is 0.241. The lowest BCUT2D eigenvalue weighted by atomic mass is 10.1. The molecule has 14 heteroatoms. The number of carbonyl (C=O) groups excluding carboxylic acids is 1. The first-order valence-electron chi connectivity index (χ1n) is 23.5. The summed E-state index contributed by atoms with van der Waals surface area (Å²) < 4.78 is 51.7. The molecule has 14 nitrogen and oxygen atoms in total. The number of hydrogen-bond acceptors (Lipinski definition) is 13. The van der Waals surface area contributed by atoms with Crippen molar-refractivity contribution >= 4 is 11.9 Å². The summed E-state index contributed by atoms with van der Waals surface area (Å²) in [7, 11) is 0. The number of aromatic nitrogens is 2. The zero-order valence-electron chi connectivity index (χ0n) is 41.4. The molecule has 0 fully saturated rings. The van der Waals surface area contributed by atoms with Gasteiger partial charge in [-0.3, -0.25) is 0 Å². The highest BCUT2D eigenvalue weighted by atomic mass is 16.6. The molecular formula is C58H58N2O12. The molecule has 1 N–H and O–H groups in total. The maximum atomic E-state index is 12.0. The van der Waals surface area contributed by atoms with Gasteiger partial charge >= 0.3 is 11.9 Å². The van der Waals surface area contributed by atoms with E-state index in [0.29, 0.717) is 78.9 Å². The van der Waals surface area contributed by atoms with Gasteiger partial charge in [0.2, 0.25) is 11.8 Å². The Kier molecular flexibility index (Phi) is 17.0. The fourth-order valence-electron chi connectivity index (χ4n) is 6.92. The van der Waals surface area contributed by atoms with Crippen LogP contribution >= 0.6 is 0 Å². The molecule has 0 aliphatic carbocycles. The van der Waals surface area contributed by atoms with E-state index in [9.17, 15) is 14.7 Å². The lowest BCUT2D eigenvalue weighted by Crippen LogP contribution is -2.39. The summed E-state index contributed by atoms with van der Waals surface area (Å²) in [5.41, 5.74) is 0.933. The fourth-order valence-corrected chi connectivity index (χ4v) is 6.92. The second-order valence-electron chi connectivity index (χ2n) is 17.3. The Labute approximate surface area is 419 Å². The lowest BCUT2D eigenvalue weighted by Gasteiger charge is -2.24. The van der Waals surface area contributed by atoms with E-state index in [1.54, 1.807) is 69.3 Å². The number of ether oxygens (including phenoxy) is 7. The second kappa shape index (κ2) is 23.9. The summed E-state index contributed by atoms with van der Waals surface area (Å²) in [4.78, 5) is 32.6.